The summed E-state index contributed by atoms with van der Waals surface area (Å²) in [6, 6.07) is 4.28. The highest BCUT2D eigenvalue weighted by atomic mass is 32.2. The molecular weight excluding hydrogens is 348 g/mol. The van der Waals surface area contributed by atoms with E-state index in [1.165, 1.54) is 18.2 Å². The molecule has 0 aliphatic carbocycles. The molecule has 0 aliphatic rings. The van der Waals surface area contributed by atoms with Crippen LogP contribution in [0, 0.1) is 13.8 Å². The van der Waals surface area contributed by atoms with Gasteiger partial charge < -0.3 is 9.15 Å². The van der Waals surface area contributed by atoms with Gasteiger partial charge in [0.15, 0.2) is 5.58 Å². The number of nitrogens with zero attached hydrogens (tertiary/aromatic N) is 2. The first-order chi connectivity index (χ1) is 11.8. The van der Waals surface area contributed by atoms with E-state index in [-0.39, 0.29) is 22.2 Å². The van der Waals surface area contributed by atoms with E-state index in [1.54, 1.807) is 20.8 Å². The summed E-state index contributed by atoms with van der Waals surface area (Å²) in [7, 11) is -3.90. The van der Waals surface area contributed by atoms with Gasteiger partial charge in [-0.2, -0.15) is 9.97 Å². The second-order valence-corrected chi connectivity index (χ2v) is 6.95. The van der Waals surface area contributed by atoms with Crippen LogP contribution in [0.2, 0.25) is 0 Å². The highest BCUT2D eigenvalue weighted by Crippen LogP contribution is 2.24. The molecule has 25 heavy (non-hydrogen) atoms. The average molecular weight is 364 g/mol. The molecule has 2 aromatic heterocycles. The summed E-state index contributed by atoms with van der Waals surface area (Å²) < 4.78 is 37.9. The average Bonchev–Trinajstić information content (AvgIpc) is 2.90. The monoisotopic (exact) mass is 364 g/mol. The number of rotatable bonds is 5. The van der Waals surface area contributed by atoms with E-state index in [9.17, 15) is 13.2 Å². The second-order valence-electron chi connectivity index (χ2n) is 5.26. The number of aromatic amines is 1. The number of ether oxygens (including phenoxy) is 1. The number of nitrogens with one attached hydrogen (secondary N) is 2. The van der Waals surface area contributed by atoms with Crippen LogP contribution in [-0.2, 0) is 10.0 Å². The van der Waals surface area contributed by atoms with Crippen molar-refractivity contribution < 1.29 is 17.6 Å². The quantitative estimate of drug-likeness (QED) is 0.705. The summed E-state index contributed by atoms with van der Waals surface area (Å²) in [6.07, 6.45) is 0. The lowest BCUT2D eigenvalue weighted by Crippen LogP contribution is -2.16. The van der Waals surface area contributed by atoms with Gasteiger partial charge in [-0.1, -0.05) is 0 Å². The standard InChI is InChI=1S/C15H16N4O5S/c1-4-23-14-16-8(2)13(9(3)17-14)19-25(21,22)10-5-6-12-11(7-10)18-15(20)24-12/h5-7,19H,4H2,1-3H3,(H,18,20). The Balaban J connectivity index is 1.99. The minimum Gasteiger partial charge on any atom is -0.464 e. The summed E-state index contributed by atoms with van der Waals surface area (Å²) in [5.41, 5.74) is 1.74. The molecule has 0 saturated carbocycles. The molecule has 132 valence electrons. The lowest BCUT2D eigenvalue weighted by molar-refractivity contribution is 0.311. The zero-order valence-corrected chi connectivity index (χ0v) is 14.6. The first-order valence-corrected chi connectivity index (χ1v) is 8.92. The smallest absolute Gasteiger partial charge is 0.417 e. The van der Waals surface area contributed by atoms with E-state index in [0.29, 0.717) is 23.5 Å². The molecule has 0 aliphatic heterocycles. The van der Waals surface area contributed by atoms with Gasteiger partial charge >= 0.3 is 11.8 Å². The Hall–Kier alpha value is -2.88. The normalized spacial score (nSPS) is 11.6. The predicted octanol–water partition coefficient (Wildman–Crippen LogP) is 1.73. The van der Waals surface area contributed by atoms with E-state index in [4.69, 9.17) is 9.15 Å². The van der Waals surface area contributed by atoms with Gasteiger partial charge in [0.1, 0.15) is 0 Å². The Morgan fingerprint density at radius 2 is 1.92 bits per heavy atom. The van der Waals surface area contributed by atoms with E-state index >= 15 is 0 Å². The number of H-pyrrole nitrogens is 1. The number of benzene rings is 1. The Kier molecular flexibility index (Phi) is 4.21. The third kappa shape index (κ3) is 3.33. The minimum atomic E-state index is -3.90. The minimum absolute atomic E-state index is 0.0234. The highest BCUT2D eigenvalue weighted by molar-refractivity contribution is 7.92. The summed E-state index contributed by atoms with van der Waals surface area (Å²) in [5, 5.41) is 0. The predicted molar refractivity (Wildman–Crippen MR) is 90.3 cm³/mol. The van der Waals surface area contributed by atoms with E-state index in [0.717, 1.165) is 0 Å². The lowest BCUT2D eigenvalue weighted by atomic mass is 10.3. The fourth-order valence-electron chi connectivity index (χ4n) is 2.32. The third-order valence-electron chi connectivity index (χ3n) is 3.46. The Morgan fingerprint density at radius 3 is 2.56 bits per heavy atom. The molecule has 0 spiro atoms. The number of hydrogen-bond acceptors (Lipinski definition) is 7. The maximum Gasteiger partial charge on any atom is 0.417 e. The summed E-state index contributed by atoms with van der Waals surface area (Å²) >= 11 is 0. The van der Waals surface area contributed by atoms with Crippen molar-refractivity contribution in [3.63, 3.8) is 0 Å². The molecule has 0 bridgehead atoms. The fourth-order valence-corrected chi connectivity index (χ4v) is 3.52. The Bertz CT molecular complexity index is 1080. The fraction of sp³-hybridized carbons (Fsp3) is 0.267. The van der Waals surface area contributed by atoms with E-state index in [1.807, 2.05) is 0 Å². The van der Waals surface area contributed by atoms with Gasteiger partial charge in [0.2, 0.25) is 0 Å². The van der Waals surface area contributed by atoms with Crippen LogP contribution in [0.1, 0.15) is 18.3 Å². The Morgan fingerprint density at radius 1 is 1.24 bits per heavy atom. The van der Waals surface area contributed by atoms with Crippen molar-refractivity contribution in [3.8, 4) is 6.01 Å². The van der Waals surface area contributed by atoms with Crippen LogP contribution in [0.25, 0.3) is 11.1 Å². The van der Waals surface area contributed by atoms with Crippen molar-refractivity contribution in [2.75, 3.05) is 11.3 Å². The molecule has 2 heterocycles. The number of oxazole rings is 1. The molecule has 3 aromatic rings. The first kappa shape index (κ1) is 17.0. The highest BCUT2D eigenvalue weighted by Gasteiger charge is 2.20. The van der Waals surface area contributed by atoms with E-state index in [2.05, 4.69) is 19.7 Å². The largest absolute Gasteiger partial charge is 0.464 e. The van der Waals surface area contributed by atoms with Crippen LogP contribution in [0.15, 0.2) is 32.3 Å². The van der Waals surface area contributed by atoms with Crippen molar-refractivity contribution in [1.29, 1.82) is 0 Å². The van der Waals surface area contributed by atoms with Crippen LogP contribution in [0.3, 0.4) is 0 Å². The van der Waals surface area contributed by atoms with Gasteiger partial charge in [0.25, 0.3) is 10.0 Å². The number of anilines is 1. The molecule has 0 saturated heterocycles. The number of fused-ring (bicyclic) bond motifs is 1. The van der Waals surface area contributed by atoms with Crippen molar-refractivity contribution in [1.82, 2.24) is 15.0 Å². The summed E-state index contributed by atoms with van der Waals surface area (Å²) in [4.78, 5) is 21.9. The molecule has 0 fully saturated rings. The molecule has 2 N–H and O–H groups in total. The van der Waals surface area contributed by atoms with E-state index < -0.39 is 15.8 Å². The first-order valence-electron chi connectivity index (χ1n) is 7.44. The van der Waals surface area contributed by atoms with Gasteiger partial charge in [-0.15, -0.1) is 0 Å². The molecule has 0 atom stereocenters. The molecule has 9 nitrogen and oxygen atoms in total. The Labute approximate surface area is 143 Å². The van der Waals surface area contributed by atoms with Crippen LogP contribution in [0.4, 0.5) is 5.69 Å². The molecule has 3 rings (SSSR count). The van der Waals surface area contributed by atoms with Gasteiger partial charge in [-0.3, -0.25) is 9.71 Å². The molecule has 10 heteroatoms. The summed E-state index contributed by atoms with van der Waals surface area (Å²) in [5.74, 6) is -0.649. The van der Waals surface area contributed by atoms with Crippen molar-refractivity contribution in [2.24, 2.45) is 0 Å². The third-order valence-corrected chi connectivity index (χ3v) is 4.81. The second kappa shape index (κ2) is 6.20. The molecular formula is C15H16N4O5S. The molecule has 0 amide bonds. The van der Waals surface area contributed by atoms with Gasteiger partial charge in [0, 0.05) is 0 Å². The van der Waals surface area contributed by atoms with Crippen molar-refractivity contribution >= 4 is 26.8 Å². The lowest BCUT2D eigenvalue weighted by Gasteiger charge is -2.13. The maximum absolute atomic E-state index is 12.6. The zero-order chi connectivity index (χ0) is 18.2. The number of aryl methyl sites for hydroxylation is 2. The molecule has 1 aromatic carbocycles. The molecule has 0 radical (unpaired) electrons. The number of hydrogen-bond donors (Lipinski definition) is 2. The van der Waals surface area contributed by atoms with Gasteiger partial charge in [-0.25, -0.2) is 13.2 Å². The maximum atomic E-state index is 12.6. The van der Waals surface area contributed by atoms with Crippen LogP contribution >= 0.6 is 0 Å². The number of sulfonamides is 1. The summed E-state index contributed by atoms with van der Waals surface area (Å²) in [6.45, 7) is 5.53. The topological polar surface area (TPSA) is 127 Å². The molecule has 0 unspecified atom stereocenters. The SMILES string of the molecule is CCOc1nc(C)c(NS(=O)(=O)c2ccc3oc(=O)[nH]c3c2)c(C)n1. The van der Waals surface area contributed by atoms with Gasteiger partial charge in [-0.05, 0) is 39.0 Å². The van der Waals surface area contributed by atoms with Crippen molar-refractivity contribution in [3.05, 3.63) is 40.1 Å². The van der Waals surface area contributed by atoms with Gasteiger partial charge in [0.05, 0.1) is 34.1 Å². The number of aromatic nitrogens is 3. The van der Waals surface area contributed by atoms with Crippen LogP contribution in [-0.4, -0.2) is 30.0 Å². The zero-order valence-electron chi connectivity index (χ0n) is 13.8. The van der Waals surface area contributed by atoms with Crippen molar-refractivity contribution in [2.45, 2.75) is 25.7 Å². The van der Waals surface area contributed by atoms with Crippen LogP contribution < -0.4 is 15.2 Å². The van der Waals surface area contributed by atoms with Crippen LogP contribution in [0.5, 0.6) is 6.01 Å².